The molecule has 144 valence electrons. The van der Waals surface area contributed by atoms with E-state index in [1.54, 1.807) is 13.8 Å². The zero-order valence-electron chi connectivity index (χ0n) is 15.9. The zero-order chi connectivity index (χ0) is 20.0. The van der Waals surface area contributed by atoms with E-state index in [1.807, 2.05) is 31.2 Å². The minimum absolute atomic E-state index is 0.0222. The van der Waals surface area contributed by atoms with Crippen LogP contribution in [0.3, 0.4) is 0 Å². The molecular formula is C21H24FNO4. The van der Waals surface area contributed by atoms with Gasteiger partial charge in [-0.05, 0) is 44.5 Å². The number of ether oxygens (including phenoxy) is 2. The van der Waals surface area contributed by atoms with Crippen LogP contribution in [0, 0.1) is 12.7 Å². The lowest BCUT2D eigenvalue weighted by atomic mass is 10.0. The lowest BCUT2D eigenvalue weighted by Crippen LogP contribution is -2.31. The van der Waals surface area contributed by atoms with Crippen molar-refractivity contribution in [1.82, 2.24) is 5.32 Å². The van der Waals surface area contributed by atoms with E-state index in [0.29, 0.717) is 0 Å². The molecule has 5 nitrogen and oxygen atoms in total. The minimum atomic E-state index is -0.628. The molecule has 1 amide bonds. The summed E-state index contributed by atoms with van der Waals surface area (Å²) in [6, 6.07) is 10.9. The lowest BCUT2D eigenvalue weighted by Gasteiger charge is -2.20. The number of esters is 1. The molecule has 1 atom stereocenters. The molecule has 0 aliphatic carbocycles. The van der Waals surface area contributed by atoms with Crippen LogP contribution in [0.25, 0.3) is 0 Å². The maximum Gasteiger partial charge on any atom is 0.308 e. The van der Waals surface area contributed by atoms with Gasteiger partial charge in [0, 0.05) is 5.56 Å². The molecule has 0 saturated carbocycles. The van der Waals surface area contributed by atoms with Crippen LogP contribution in [0.15, 0.2) is 42.5 Å². The van der Waals surface area contributed by atoms with E-state index in [9.17, 15) is 14.0 Å². The van der Waals surface area contributed by atoms with Gasteiger partial charge in [0.1, 0.15) is 0 Å². The second-order valence-electron chi connectivity index (χ2n) is 6.53. The van der Waals surface area contributed by atoms with Gasteiger partial charge in [-0.25, -0.2) is 4.39 Å². The Labute approximate surface area is 158 Å². The fourth-order valence-electron chi connectivity index (χ4n) is 2.58. The number of carbonyl (C=O) groups is 2. The third-order valence-electron chi connectivity index (χ3n) is 3.94. The molecule has 0 bridgehead atoms. The number of halogens is 1. The van der Waals surface area contributed by atoms with E-state index in [0.717, 1.165) is 17.2 Å². The first-order valence-corrected chi connectivity index (χ1v) is 8.70. The topological polar surface area (TPSA) is 64.6 Å². The third kappa shape index (κ3) is 5.81. The van der Waals surface area contributed by atoms with Crippen molar-refractivity contribution in [2.45, 2.75) is 39.3 Å². The van der Waals surface area contributed by atoms with Gasteiger partial charge in [0.15, 0.2) is 11.6 Å². The highest BCUT2D eigenvalue weighted by atomic mass is 19.1. The molecule has 0 saturated heterocycles. The van der Waals surface area contributed by atoms with Gasteiger partial charge in [0.05, 0.1) is 25.7 Å². The molecule has 0 aromatic heterocycles. The highest BCUT2D eigenvalue weighted by Gasteiger charge is 2.21. The van der Waals surface area contributed by atoms with Crippen molar-refractivity contribution in [2.75, 3.05) is 7.11 Å². The number of methoxy groups -OCH3 is 1. The molecule has 2 aromatic carbocycles. The molecule has 0 aliphatic rings. The highest BCUT2D eigenvalue weighted by molar-refractivity contribution is 5.94. The Kier molecular flexibility index (Phi) is 6.93. The van der Waals surface area contributed by atoms with Crippen LogP contribution >= 0.6 is 0 Å². The molecule has 0 fully saturated rings. The summed E-state index contributed by atoms with van der Waals surface area (Å²) < 4.78 is 23.9. The standard InChI is InChI=1S/C21H24FNO4/c1-13(2)27-20(24)12-18(15-7-5-14(3)6-8-15)23-21(25)16-9-10-19(26-4)17(22)11-16/h5-11,13,18H,12H2,1-4H3,(H,23,25)/t18-/m0/s1. The number of amides is 1. The summed E-state index contributed by atoms with van der Waals surface area (Å²) in [7, 11) is 1.35. The van der Waals surface area contributed by atoms with Crippen molar-refractivity contribution >= 4 is 11.9 Å². The highest BCUT2D eigenvalue weighted by Crippen LogP contribution is 2.21. The molecule has 27 heavy (non-hydrogen) atoms. The summed E-state index contributed by atoms with van der Waals surface area (Å²) in [4.78, 5) is 24.7. The van der Waals surface area contributed by atoms with Crippen LogP contribution < -0.4 is 10.1 Å². The fourth-order valence-corrected chi connectivity index (χ4v) is 2.58. The Morgan fingerprint density at radius 2 is 1.78 bits per heavy atom. The van der Waals surface area contributed by atoms with Crippen LogP contribution in [0.2, 0.25) is 0 Å². The molecular weight excluding hydrogens is 349 g/mol. The van der Waals surface area contributed by atoms with Crippen molar-refractivity contribution in [1.29, 1.82) is 0 Å². The molecule has 0 unspecified atom stereocenters. The van der Waals surface area contributed by atoms with E-state index < -0.39 is 23.7 Å². The summed E-state index contributed by atoms with van der Waals surface area (Å²) in [6.45, 7) is 5.47. The van der Waals surface area contributed by atoms with Gasteiger partial charge in [0.25, 0.3) is 5.91 Å². The number of carbonyl (C=O) groups excluding carboxylic acids is 2. The van der Waals surface area contributed by atoms with Gasteiger partial charge in [-0.2, -0.15) is 0 Å². The molecule has 1 N–H and O–H groups in total. The molecule has 2 aromatic rings. The molecule has 0 radical (unpaired) electrons. The summed E-state index contributed by atoms with van der Waals surface area (Å²) >= 11 is 0. The minimum Gasteiger partial charge on any atom is -0.494 e. The normalized spacial score (nSPS) is 11.8. The van der Waals surface area contributed by atoms with Crippen molar-refractivity contribution in [2.24, 2.45) is 0 Å². The average molecular weight is 373 g/mol. The van der Waals surface area contributed by atoms with Crippen LogP contribution in [0.5, 0.6) is 5.75 Å². The van der Waals surface area contributed by atoms with E-state index >= 15 is 0 Å². The van der Waals surface area contributed by atoms with Gasteiger partial charge in [-0.1, -0.05) is 29.8 Å². The Hall–Kier alpha value is -2.89. The van der Waals surface area contributed by atoms with Gasteiger partial charge >= 0.3 is 5.97 Å². The maximum absolute atomic E-state index is 13.9. The maximum atomic E-state index is 13.9. The van der Waals surface area contributed by atoms with Crippen molar-refractivity contribution < 1.29 is 23.5 Å². The predicted octanol–water partition coefficient (Wildman–Crippen LogP) is 3.96. The van der Waals surface area contributed by atoms with Crippen LogP contribution in [-0.4, -0.2) is 25.1 Å². The van der Waals surface area contributed by atoms with Crippen molar-refractivity contribution in [3.63, 3.8) is 0 Å². The fraction of sp³-hybridized carbons (Fsp3) is 0.333. The monoisotopic (exact) mass is 373 g/mol. The van der Waals surface area contributed by atoms with E-state index in [1.165, 1.54) is 19.2 Å². The summed E-state index contributed by atoms with van der Waals surface area (Å²) in [5, 5.41) is 2.79. The first kappa shape index (κ1) is 20.4. The predicted molar refractivity (Wildman–Crippen MR) is 100 cm³/mol. The Morgan fingerprint density at radius 3 is 2.33 bits per heavy atom. The Bertz CT molecular complexity index is 802. The van der Waals surface area contributed by atoms with Gasteiger partial charge in [0.2, 0.25) is 0 Å². The number of nitrogens with one attached hydrogen (secondary N) is 1. The number of benzene rings is 2. The molecule has 0 heterocycles. The summed E-state index contributed by atoms with van der Waals surface area (Å²) in [5.41, 5.74) is 1.97. The SMILES string of the molecule is COc1ccc(C(=O)N[C@@H](CC(=O)OC(C)C)c2ccc(C)cc2)cc1F. The smallest absolute Gasteiger partial charge is 0.308 e. The van der Waals surface area contributed by atoms with Crippen LogP contribution in [-0.2, 0) is 9.53 Å². The molecule has 0 aliphatic heterocycles. The van der Waals surface area contributed by atoms with Crippen LogP contribution in [0.4, 0.5) is 4.39 Å². The second-order valence-corrected chi connectivity index (χ2v) is 6.53. The molecule has 2 rings (SSSR count). The Morgan fingerprint density at radius 1 is 1.11 bits per heavy atom. The third-order valence-corrected chi connectivity index (χ3v) is 3.94. The molecule has 0 spiro atoms. The average Bonchev–Trinajstić information content (AvgIpc) is 2.61. The Balaban J connectivity index is 2.22. The number of hydrogen-bond donors (Lipinski definition) is 1. The quantitative estimate of drug-likeness (QED) is 0.746. The molecule has 6 heteroatoms. The summed E-state index contributed by atoms with van der Waals surface area (Å²) in [6.07, 6.45) is -0.270. The van der Waals surface area contributed by atoms with Gasteiger partial charge in [-0.3, -0.25) is 9.59 Å². The van der Waals surface area contributed by atoms with Crippen molar-refractivity contribution in [3.8, 4) is 5.75 Å². The van der Waals surface area contributed by atoms with Gasteiger partial charge < -0.3 is 14.8 Å². The first-order chi connectivity index (χ1) is 12.8. The number of hydrogen-bond acceptors (Lipinski definition) is 4. The number of rotatable bonds is 7. The van der Waals surface area contributed by atoms with E-state index in [2.05, 4.69) is 5.32 Å². The largest absolute Gasteiger partial charge is 0.494 e. The first-order valence-electron chi connectivity index (χ1n) is 8.70. The van der Waals surface area contributed by atoms with Crippen LogP contribution in [0.1, 0.15) is 47.8 Å². The van der Waals surface area contributed by atoms with E-state index in [4.69, 9.17) is 9.47 Å². The second kappa shape index (κ2) is 9.16. The van der Waals surface area contributed by atoms with E-state index in [-0.39, 0.29) is 23.8 Å². The van der Waals surface area contributed by atoms with Crippen molar-refractivity contribution in [3.05, 3.63) is 65.0 Å². The number of aryl methyl sites for hydroxylation is 1. The van der Waals surface area contributed by atoms with Gasteiger partial charge in [-0.15, -0.1) is 0 Å². The zero-order valence-corrected chi connectivity index (χ0v) is 15.9. The summed E-state index contributed by atoms with van der Waals surface area (Å²) in [5.74, 6) is -1.48. The lowest BCUT2D eigenvalue weighted by molar-refractivity contribution is -0.147.